The molecule has 77 heavy (non-hydrogen) atoms. The van der Waals surface area contributed by atoms with Gasteiger partial charge < -0.3 is 14.2 Å². The number of anilines is 6. The maximum Gasteiger partial charge on any atom is 0.136 e. The molecule has 0 amide bonds. The Balaban J connectivity index is 0.936. The zero-order chi connectivity index (χ0) is 52.0. The highest BCUT2D eigenvalue weighted by Crippen LogP contribution is 2.47. The molecule has 0 aliphatic heterocycles. The van der Waals surface area contributed by atoms with Crippen molar-refractivity contribution in [1.82, 2.24) is 0 Å². The van der Waals surface area contributed by atoms with Gasteiger partial charge in [0, 0.05) is 44.6 Å². The van der Waals surface area contributed by atoms with Crippen molar-refractivity contribution >= 4 is 77.6 Å². The largest absolute Gasteiger partial charge is 0.456 e. The van der Waals surface area contributed by atoms with Crippen molar-refractivity contribution in [2.24, 2.45) is 0 Å². The summed E-state index contributed by atoms with van der Waals surface area (Å²) in [5.41, 5.74) is 20.4. The monoisotopic (exact) mass is 990 g/mol. The molecule has 12 aromatic carbocycles. The van der Waals surface area contributed by atoms with E-state index in [4.69, 9.17) is 4.42 Å². The summed E-state index contributed by atoms with van der Waals surface area (Å²) in [5.74, 6) is 0.709. The maximum absolute atomic E-state index is 6.93. The third-order valence-corrected chi connectivity index (χ3v) is 15.4. The van der Waals surface area contributed by atoms with E-state index in [2.05, 4.69) is 304 Å². The van der Waals surface area contributed by atoms with E-state index in [1.165, 1.54) is 55.6 Å². The minimum absolute atomic E-state index is 0.355. The van der Waals surface area contributed by atoms with Crippen LogP contribution in [0.2, 0.25) is 0 Å². The lowest BCUT2D eigenvalue weighted by Gasteiger charge is -2.29. The average Bonchev–Trinajstić information content (AvgIpc) is 3.92. The predicted octanol–water partition coefficient (Wildman–Crippen LogP) is 21.7. The van der Waals surface area contributed by atoms with Crippen LogP contribution in [-0.2, 0) is 0 Å². The fourth-order valence-electron chi connectivity index (χ4n) is 11.1. The summed E-state index contributed by atoms with van der Waals surface area (Å²) >= 11 is 0. The Morgan fingerprint density at radius 3 is 0.974 bits per heavy atom. The molecule has 1 aromatic heterocycles. The zero-order valence-electron chi connectivity index (χ0n) is 43.9. The SMILES string of the molecule is CC(C)c1ccc(-c2ccccc2)c(N(c2ccc(-c3ccccc3)cc2)c2ccc3cc4c(cc3c2)oc2cc3cc(N(c5ccc(-c6ccccc6)cc5)c5cc(C(C)C)ccc5-c5ccccc5)ccc3cc24)c1. The smallest absolute Gasteiger partial charge is 0.136 e. The predicted molar refractivity (Wildman–Crippen MR) is 328 cm³/mol. The van der Waals surface area contributed by atoms with Gasteiger partial charge in [0.2, 0.25) is 0 Å². The van der Waals surface area contributed by atoms with E-state index in [1.807, 2.05) is 0 Å². The average molecular weight is 991 g/mol. The molecule has 0 N–H and O–H groups in total. The molecule has 0 bridgehead atoms. The van der Waals surface area contributed by atoms with Gasteiger partial charge in [-0.05, 0) is 163 Å². The highest BCUT2D eigenvalue weighted by molar-refractivity contribution is 6.14. The van der Waals surface area contributed by atoms with Crippen molar-refractivity contribution < 1.29 is 4.42 Å². The van der Waals surface area contributed by atoms with Gasteiger partial charge in [0.05, 0.1) is 11.4 Å². The van der Waals surface area contributed by atoms with Crippen molar-refractivity contribution in [3.63, 3.8) is 0 Å². The lowest BCUT2D eigenvalue weighted by molar-refractivity contribution is 0.670. The summed E-state index contributed by atoms with van der Waals surface area (Å²) in [7, 11) is 0. The summed E-state index contributed by atoms with van der Waals surface area (Å²) in [6.45, 7) is 9.08. The van der Waals surface area contributed by atoms with Crippen LogP contribution in [0.15, 0.2) is 271 Å². The van der Waals surface area contributed by atoms with E-state index in [-0.39, 0.29) is 0 Å². The topological polar surface area (TPSA) is 19.6 Å². The molecule has 1 heterocycles. The molecule has 13 aromatic rings. The standard InChI is InChI=1S/C74H58N2O/c1-49(2)57-31-39-67(55-21-13-7-14-22-55)71(45-57)75(63-33-25-53(26-34-63)51-17-9-5-10-18-51)65-37-29-59-43-69-70-44-60-30-38-66(42-62(60)48-74(70)77-73(69)47-61(59)41-65)76(64-35-27-54(28-36-64)52-19-11-6-12-20-52)72-46-58(50(3)4)32-40-68(72)56-23-15-8-16-24-56/h5-50H,1-4H3. The molecule has 0 fully saturated rings. The normalized spacial score (nSPS) is 11.6. The highest BCUT2D eigenvalue weighted by Gasteiger charge is 2.23. The van der Waals surface area contributed by atoms with Gasteiger partial charge in [-0.3, -0.25) is 0 Å². The van der Waals surface area contributed by atoms with Gasteiger partial charge in [-0.1, -0.05) is 210 Å². The number of hydrogen-bond acceptors (Lipinski definition) is 3. The third-order valence-electron chi connectivity index (χ3n) is 15.4. The Morgan fingerprint density at radius 2 is 0.610 bits per heavy atom. The highest BCUT2D eigenvalue weighted by atomic mass is 16.3. The van der Waals surface area contributed by atoms with Gasteiger partial charge in [-0.15, -0.1) is 0 Å². The molecule has 3 heteroatoms. The van der Waals surface area contributed by atoms with Crippen LogP contribution in [0.5, 0.6) is 0 Å². The number of furan rings is 1. The van der Waals surface area contributed by atoms with Crippen LogP contribution in [0.25, 0.3) is 88.0 Å². The first-order valence-corrected chi connectivity index (χ1v) is 26.9. The molecule has 0 atom stereocenters. The summed E-state index contributed by atoms with van der Waals surface area (Å²) in [6, 6.07) is 97.5. The lowest BCUT2D eigenvalue weighted by Crippen LogP contribution is -2.12. The van der Waals surface area contributed by atoms with Crippen LogP contribution in [0.4, 0.5) is 34.1 Å². The third kappa shape index (κ3) is 9.10. The Labute approximate surface area is 451 Å². The second-order valence-corrected chi connectivity index (χ2v) is 21.0. The van der Waals surface area contributed by atoms with Crippen LogP contribution in [0.1, 0.15) is 50.7 Å². The molecule has 0 aliphatic carbocycles. The number of benzene rings is 12. The Bertz CT molecular complexity index is 3960. The van der Waals surface area contributed by atoms with Gasteiger partial charge >= 0.3 is 0 Å². The van der Waals surface area contributed by atoms with Gasteiger partial charge in [0.15, 0.2) is 0 Å². The van der Waals surface area contributed by atoms with E-state index in [9.17, 15) is 0 Å². The van der Waals surface area contributed by atoms with E-state index in [0.29, 0.717) is 11.8 Å². The van der Waals surface area contributed by atoms with Crippen molar-refractivity contribution in [3.8, 4) is 44.5 Å². The van der Waals surface area contributed by atoms with Crippen molar-refractivity contribution in [2.75, 3.05) is 9.80 Å². The van der Waals surface area contributed by atoms with Gasteiger partial charge in [-0.2, -0.15) is 0 Å². The summed E-state index contributed by atoms with van der Waals surface area (Å²) < 4.78 is 6.93. The van der Waals surface area contributed by atoms with E-state index >= 15 is 0 Å². The van der Waals surface area contributed by atoms with E-state index in [1.54, 1.807) is 0 Å². The lowest BCUT2D eigenvalue weighted by atomic mass is 9.95. The molecule has 0 spiro atoms. The minimum Gasteiger partial charge on any atom is -0.456 e. The Kier molecular flexibility index (Phi) is 12.3. The summed E-state index contributed by atoms with van der Waals surface area (Å²) in [5, 5.41) is 6.75. The number of rotatable bonds is 12. The van der Waals surface area contributed by atoms with Crippen LogP contribution in [0.3, 0.4) is 0 Å². The molecule has 0 aliphatic rings. The molecule has 370 valence electrons. The van der Waals surface area contributed by atoms with Crippen molar-refractivity contribution in [3.05, 3.63) is 278 Å². The molecule has 0 unspecified atom stereocenters. The fourth-order valence-corrected chi connectivity index (χ4v) is 11.1. The maximum atomic E-state index is 6.93. The first-order valence-electron chi connectivity index (χ1n) is 26.9. The quantitative estimate of drug-likeness (QED) is 0.122. The van der Waals surface area contributed by atoms with Gasteiger partial charge in [0.25, 0.3) is 0 Å². The minimum atomic E-state index is 0.355. The van der Waals surface area contributed by atoms with Crippen molar-refractivity contribution in [2.45, 2.75) is 39.5 Å². The number of hydrogen-bond donors (Lipinski definition) is 0. The number of fused-ring (bicyclic) bond motifs is 5. The Morgan fingerprint density at radius 1 is 0.273 bits per heavy atom. The van der Waals surface area contributed by atoms with Gasteiger partial charge in [0.1, 0.15) is 11.2 Å². The van der Waals surface area contributed by atoms with E-state index < -0.39 is 0 Å². The second-order valence-electron chi connectivity index (χ2n) is 21.0. The second kappa shape index (κ2) is 20.0. The molecule has 3 nitrogen and oxygen atoms in total. The van der Waals surface area contributed by atoms with Crippen LogP contribution < -0.4 is 9.80 Å². The van der Waals surface area contributed by atoms with Crippen LogP contribution >= 0.6 is 0 Å². The zero-order valence-corrected chi connectivity index (χ0v) is 43.9. The molecule has 13 rings (SSSR count). The molecule has 0 saturated heterocycles. The first kappa shape index (κ1) is 47.3. The van der Waals surface area contributed by atoms with Gasteiger partial charge in [-0.25, -0.2) is 0 Å². The van der Waals surface area contributed by atoms with Crippen LogP contribution in [-0.4, -0.2) is 0 Å². The summed E-state index contributed by atoms with van der Waals surface area (Å²) in [6.07, 6.45) is 0. The molecule has 0 radical (unpaired) electrons. The molecule has 0 saturated carbocycles. The van der Waals surface area contributed by atoms with Crippen molar-refractivity contribution in [1.29, 1.82) is 0 Å². The van der Waals surface area contributed by atoms with Crippen LogP contribution in [0, 0.1) is 0 Å². The number of nitrogens with zero attached hydrogens (tertiary/aromatic N) is 2. The molecular weight excluding hydrogens is 933 g/mol. The fraction of sp³-hybridized carbons (Fsp3) is 0.0811. The Hall–Kier alpha value is -9.44. The van der Waals surface area contributed by atoms with E-state index in [0.717, 1.165) is 77.6 Å². The summed E-state index contributed by atoms with van der Waals surface area (Å²) in [4.78, 5) is 4.86. The molecular formula is C74H58N2O. The first-order chi connectivity index (χ1) is 37.8.